The fourth-order valence-electron chi connectivity index (χ4n) is 1.90. The third-order valence-electron chi connectivity index (χ3n) is 2.87. The van der Waals surface area contributed by atoms with Gasteiger partial charge in [0.1, 0.15) is 12.9 Å². The van der Waals surface area contributed by atoms with E-state index in [0.717, 1.165) is 12.1 Å². The Hall–Kier alpha value is -2.02. The molecule has 0 saturated carbocycles. The summed E-state index contributed by atoms with van der Waals surface area (Å²) in [6.45, 7) is 4.75. The van der Waals surface area contributed by atoms with Crippen LogP contribution in [0.5, 0.6) is 5.75 Å². The van der Waals surface area contributed by atoms with Crippen molar-refractivity contribution >= 4 is 0 Å². The molecule has 21 heavy (non-hydrogen) atoms. The van der Waals surface area contributed by atoms with Gasteiger partial charge in [-0.3, -0.25) is 0 Å². The molecule has 0 spiro atoms. The first-order valence-corrected chi connectivity index (χ1v) is 6.68. The summed E-state index contributed by atoms with van der Waals surface area (Å²) in [6.07, 6.45) is 1.39. The van der Waals surface area contributed by atoms with E-state index in [9.17, 15) is 8.78 Å². The molecule has 5 nitrogen and oxygen atoms in total. The molecule has 7 heteroatoms. The van der Waals surface area contributed by atoms with E-state index in [-0.39, 0.29) is 13.2 Å². The molecule has 0 aliphatic heterocycles. The molecule has 2 rings (SSSR count). The van der Waals surface area contributed by atoms with Gasteiger partial charge in [0.05, 0.1) is 0 Å². The Bertz CT molecular complexity index is 590. The van der Waals surface area contributed by atoms with Crippen LogP contribution in [0.4, 0.5) is 8.78 Å². The first-order chi connectivity index (χ1) is 10.0. The van der Waals surface area contributed by atoms with Crippen LogP contribution in [0.25, 0.3) is 0 Å². The smallest absolute Gasteiger partial charge is 0.191 e. The number of hydrogen-bond acceptors (Lipinski definition) is 4. The highest BCUT2D eigenvalue weighted by Gasteiger charge is 2.14. The molecule has 1 aromatic heterocycles. The molecular weight excluding hydrogens is 278 g/mol. The highest BCUT2D eigenvalue weighted by molar-refractivity contribution is 5.31. The molecule has 2 aromatic rings. The SMILES string of the molecule is CC(C)Cn1ncnc1COc1c(F)cc(CN)cc1F. The third kappa shape index (κ3) is 3.75. The van der Waals surface area contributed by atoms with Gasteiger partial charge in [-0.15, -0.1) is 0 Å². The number of nitrogens with zero attached hydrogens (tertiary/aromatic N) is 3. The van der Waals surface area contributed by atoms with Gasteiger partial charge in [0, 0.05) is 13.1 Å². The van der Waals surface area contributed by atoms with E-state index in [1.165, 1.54) is 6.33 Å². The average molecular weight is 296 g/mol. The van der Waals surface area contributed by atoms with Crippen LogP contribution >= 0.6 is 0 Å². The summed E-state index contributed by atoms with van der Waals surface area (Å²) in [5.74, 6) is -1.07. The number of hydrogen-bond donors (Lipinski definition) is 1. The summed E-state index contributed by atoms with van der Waals surface area (Å²) in [6, 6.07) is 2.33. The molecule has 2 N–H and O–H groups in total. The second-order valence-corrected chi connectivity index (χ2v) is 5.13. The normalized spacial score (nSPS) is 11.1. The van der Waals surface area contributed by atoms with Gasteiger partial charge in [0.25, 0.3) is 0 Å². The van der Waals surface area contributed by atoms with Gasteiger partial charge in [-0.25, -0.2) is 18.4 Å². The van der Waals surface area contributed by atoms with E-state index in [1.54, 1.807) is 4.68 Å². The van der Waals surface area contributed by atoms with Crippen LogP contribution in [0, 0.1) is 17.6 Å². The predicted molar refractivity (Wildman–Crippen MR) is 73.4 cm³/mol. The summed E-state index contributed by atoms with van der Waals surface area (Å²) < 4.78 is 34.4. The van der Waals surface area contributed by atoms with E-state index in [2.05, 4.69) is 10.1 Å². The number of nitrogens with two attached hydrogens (primary N) is 1. The lowest BCUT2D eigenvalue weighted by atomic mass is 10.2. The zero-order valence-corrected chi connectivity index (χ0v) is 12.0. The van der Waals surface area contributed by atoms with Crippen molar-refractivity contribution in [3.8, 4) is 5.75 Å². The second-order valence-electron chi connectivity index (χ2n) is 5.13. The fourth-order valence-corrected chi connectivity index (χ4v) is 1.90. The van der Waals surface area contributed by atoms with Gasteiger partial charge in [-0.1, -0.05) is 13.8 Å². The van der Waals surface area contributed by atoms with Gasteiger partial charge < -0.3 is 10.5 Å². The molecular formula is C14H18F2N4O. The number of rotatable bonds is 6. The zero-order valence-electron chi connectivity index (χ0n) is 12.0. The maximum Gasteiger partial charge on any atom is 0.191 e. The molecule has 0 fully saturated rings. The molecule has 0 aliphatic rings. The maximum atomic E-state index is 13.8. The predicted octanol–water partition coefficient (Wildman–Crippen LogP) is 2.25. The van der Waals surface area contributed by atoms with E-state index in [0.29, 0.717) is 23.9 Å². The van der Waals surface area contributed by atoms with Gasteiger partial charge in [0.15, 0.2) is 23.2 Å². The Kier molecular flexibility index (Phi) is 4.85. The summed E-state index contributed by atoms with van der Waals surface area (Å²) in [7, 11) is 0. The molecule has 0 bridgehead atoms. The average Bonchev–Trinajstić information content (AvgIpc) is 2.84. The highest BCUT2D eigenvalue weighted by Crippen LogP contribution is 2.24. The van der Waals surface area contributed by atoms with Crippen molar-refractivity contribution in [3.63, 3.8) is 0 Å². The first kappa shape index (κ1) is 15.4. The molecule has 0 saturated heterocycles. The molecule has 0 aliphatic carbocycles. The fraction of sp³-hybridized carbons (Fsp3) is 0.429. The Balaban J connectivity index is 2.12. The quantitative estimate of drug-likeness (QED) is 0.888. The molecule has 0 radical (unpaired) electrons. The van der Waals surface area contributed by atoms with Crippen molar-refractivity contribution in [1.29, 1.82) is 0 Å². The lowest BCUT2D eigenvalue weighted by molar-refractivity contribution is 0.256. The lowest BCUT2D eigenvalue weighted by Crippen LogP contribution is -2.13. The minimum Gasteiger partial charge on any atom is -0.479 e. The Morgan fingerprint density at radius 2 is 1.95 bits per heavy atom. The van der Waals surface area contributed by atoms with Crippen LogP contribution in [-0.4, -0.2) is 14.8 Å². The highest BCUT2D eigenvalue weighted by atomic mass is 19.1. The summed E-state index contributed by atoms with van der Waals surface area (Å²) in [5, 5.41) is 4.06. The van der Waals surface area contributed by atoms with Gasteiger partial charge in [-0.2, -0.15) is 5.10 Å². The number of aromatic nitrogens is 3. The number of benzene rings is 1. The van der Waals surface area contributed by atoms with E-state index in [1.807, 2.05) is 13.8 Å². The van der Waals surface area contributed by atoms with Gasteiger partial charge >= 0.3 is 0 Å². The van der Waals surface area contributed by atoms with Crippen LogP contribution in [0.15, 0.2) is 18.5 Å². The standard InChI is InChI=1S/C14H18F2N4O/c1-9(2)6-20-13(18-8-19-20)7-21-14-11(15)3-10(5-17)4-12(14)16/h3-4,8-9H,5-7,17H2,1-2H3. The second kappa shape index (κ2) is 6.62. The van der Waals surface area contributed by atoms with Crippen molar-refractivity contribution in [2.24, 2.45) is 11.7 Å². The summed E-state index contributed by atoms with van der Waals surface area (Å²) in [5.41, 5.74) is 5.73. The summed E-state index contributed by atoms with van der Waals surface area (Å²) >= 11 is 0. The van der Waals surface area contributed by atoms with Crippen molar-refractivity contribution < 1.29 is 13.5 Å². The minimum atomic E-state index is -0.773. The van der Waals surface area contributed by atoms with Crippen molar-refractivity contribution in [1.82, 2.24) is 14.8 Å². The Labute approximate surface area is 121 Å². The van der Waals surface area contributed by atoms with Crippen molar-refractivity contribution in [2.75, 3.05) is 0 Å². The number of halogens is 2. The molecule has 0 amide bonds. The minimum absolute atomic E-state index is 0.0530. The third-order valence-corrected chi connectivity index (χ3v) is 2.87. The van der Waals surface area contributed by atoms with Crippen LogP contribution in [-0.2, 0) is 19.7 Å². The van der Waals surface area contributed by atoms with Crippen LogP contribution in [0.3, 0.4) is 0 Å². The van der Waals surface area contributed by atoms with Gasteiger partial charge in [-0.05, 0) is 23.6 Å². The number of ether oxygens (including phenoxy) is 1. The van der Waals surface area contributed by atoms with E-state index < -0.39 is 17.4 Å². The molecule has 0 atom stereocenters. The largest absolute Gasteiger partial charge is 0.479 e. The molecule has 0 unspecified atom stereocenters. The lowest BCUT2D eigenvalue weighted by Gasteiger charge is -2.11. The molecule has 1 aromatic carbocycles. The topological polar surface area (TPSA) is 66.0 Å². The van der Waals surface area contributed by atoms with Crippen molar-refractivity contribution in [3.05, 3.63) is 41.5 Å². The Morgan fingerprint density at radius 1 is 1.29 bits per heavy atom. The van der Waals surface area contributed by atoms with Crippen LogP contribution < -0.4 is 10.5 Å². The van der Waals surface area contributed by atoms with Crippen molar-refractivity contribution in [2.45, 2.75) is 33.5 Å². The molecule has 1 heterocycles. The van der Waals surface area contributed by atoms with E-state index in [4.69, 9.17) is 10.5 Å². The molecule has 114 valence electrons. The van der Waals surface area contributed by atoms with Gasteiger partial charge in [0.2, 0.25) is 0 Å². The maximum absolute atomic E-state index is 13.8. The van der Waals surface area contributed by atoms with Crippen LogP contribution in [0.2, 0.25) is 0 Å². The van der Waals surface area contributed by atoms with Crippen LogP contribution in [0.1, 0.15) is 25.2 Å². The van der Waals surface area contributed by atoms with E-state index >= 15 is 0 Å². The monoisotopic (exact) mass is 296 g/mol. The first-order valence-electron chi connectivity index (χ1n) is 6.68. The zero-order chi connectivity index (χ0) is 15.4. The summed E-state index contributed by atoms with van der Waals surface area (Å²) in [4.78, 5) is 4.04. The Morgan fingerprint density at radius 3 is 2.52 bits per heavy atom.